The molecule has 150 valence electrons. The molecular formula is C25H19N5S. The van der Waals surface area contributed by atoms with Crippen molar-refractivity contribution in [3.63, 3.8) is 0 Å². The standard InChI is InChI=1S/C25H19N5S/c1-17-27-22(18-7-3-2-4-8-18)14-24(28-17)29-21-11-5-9-19(13-21)23-16-31-25(30-23)20-10-6-12-26-15-20/h2-16H,1H3,(H,27,28,29). The number of pyridine rings is 1. The van der Waals surface area contributed by atoms with Crippen LogP contribution in [0.3, 0.4) is 0 Å². The molecule has 0 saturated heterocycles. The summed E-state index contributed by atoms with van der Waals surface area (Å²) >= 11 is 1.62. The highest BCUT2D eigenvalue weighted by atomic mass is 32.1. The van der Waals surface area contributed by atoms with E-state index in [4.69, 9.17) is 4.98 Å². The van der Waals surface area contributed by atoms with Crippen molar-refractivity contribution in [2.45, 2.75) is 6.92 Å². The third kappa shape index (κ3) is 4.34. The van der Waals surface area contributed by atoms with Crippen LogP contribution in [-0.4, -0.2) is 19.9 Å². The fourth-order valence-electron chi connectivity index (χ4n) is 3.32. The Morgan fingerprint density at radius 2 is 1.58 bits per heavy atom. The van der Waals surface area contributed by atoms with Crippen LogP contribution in [0, 0.1) is 6.92 Å². The predicted molar refractivity (Wildman–Crippen MR) is 126 cm³/mol. The second-order valence-corrected chi connectivity index (χ2v) is 7.90. The fraction of sp³-hybridized carbons (Fsp3) is 0.0400. The summed E-state index contributed by atoms with van der Waals surface area (Å²) in [5, 5.41) is 6.45. The molecule has 0 spiro atoms. The van der Waals surface area contributed by atoms with Gasteiger partial charge in [0.2, 0.25) is 0 Å². The van der Waals surface area contributed by atoms with Crippen LogP contribution in [-0.2, 0) is 0 Å². The van der Waals surface area contributed by atoms with Gasteiger partial charge >= 0.3 is 0 Å². The lowest BCUT2D eigenvalue weighted by Crippen LogP contribution is -1.99. The lowest BCUT2D eigenvalue weighted by Gasteiger charge is -2.10. The minimum atomic E-state index is 0.723. The number of nitrogens with one attached hydrogen (secondary N) is 1. The van der Waals surface area contributed by atoms with Gasteiger partial charge in [0.1, 0.15) is 16.6 Å². The Morgan fingerprint density at radius 3 is 2.42 bits per heavy atom. The molecule has 31 heavy (non-hydrogen) atoms. The molecular weight excluding hydrogens is 402 g/mol. The van der Waals surface area contributed by atoms with E-state index < -0.39 is 0 Å². The summed E-state index contributed by atoms with van der Waals surface area (Å²) in [6, 6.07) is 24.2. The zero-order valence-electron chi connectivity index (χ0n) is 16.9. The first-order chi connectivity index (χ1) is 15.2. The molecule has 0 unspecified atom stereocenters. The Hall–Kier alpha value is -3.90. The third-order valence-corrected chi connectivity index (χ3v) is 5.64. The van der Waals surface area contributed by atoms with E-state index in [1.807, 2.05) is 73.8 Å². The van der Waals surface area contributed by atoms with Crippen molar-refractivity contribution in [1.82, 2.24) is 19.9 Å². The summed E-state index contributed by atoms with van der Waals surface area (Å²) < 4.78 is 0. The predicted octanol–water partition coefficient (Wildman–Crippen LogP) is 6.38. The zero-order chi connectivity index (χ0) is 21.0. The van der Waals surface area contributed by atoms with Gasteiger partial charge in [0.15, 0.2) is 0 Å². The highest BCUT2D eigenvalue weighted by Crippen LogP contribution is 2.30. The maximum atomic E-state index is 4.79. The lowest BCUT2D eigenvalue weighted by molar-refractivity contribution is 1.06. The van der Waals surface area contributed by atoms with Crippen molar-refractivity contribution in [3.05, 3.63) is 96.4 Å². The Labute approximate surface area is 184 Å². The first-order valence-electron chi connectivity index (χ1n) is 9.89. The molecule has 0 amide bonds. The van der Waals surface area contributed by atoms with Crippen LogP contribution in [0.25, 0.3) is 33.1 Å². The third-order valence-electron chi connectivity index (χ3n) is 4.75. The molecule has 0 aliphatic rings. The molecule has 5 aromatic rings. The normalized spacial score (nSPS) is 10.7. The van der Waals surface area contributed by atoms with Gasteiger partial charge in [0, 0.05) is 46.2 Å². The molecule has 0 aliphatic carbocycles. The van der Waals surface area contributed by atoms with E-state index in [9.17, 15) is 0 Å². The number of aromatic nitrogens is 4. The lowest BCUT2D eigenvalue weighted by atomic mass is 10.1. The minimum Gasteiger partial charge on any atom is -0.340 e. The van der Waals surface area contributed by atoms with Crippen LogP contribution in [0.2, 0.25) is 0 Å². The second-order valence-electron chi connectivity index (χ2n) is 7.04. The number of rotatable bonds is 5. The van der Waals surface area contributed by atoms with Gasteiger partial charge in [0.25, 0.3) is 0 Å². The van der Waals surface area contributed by atoms with Crippen molar-refractivity contribution >= 4 is 22.8 Å². The number of aryl methyl sites for hydroxylation is 1. The Kier molecular flexibility index (Phi) is 5.21. The van der Waals surface area contributed by atoms with Gasteiger partial charge < -0.3 is 5.32 Å². The van der Waals surface area contributed by atoms with Gasteiger partial charge in [-0.1, -0.05) is 42.5 Å². The summed E-state index contributed by atoms with van der Waals surface area (Å²) in [4.78, 5) is 18.1. The van der Waals surface area contributed by atoms with Crippen molar-refractivity contribution in [2.24, 2.45) is 0 Å². The average molecular weight is 422 g/mol. The molecule has 5 nitrogen and oxygen atoms in total. The Bertz CT molecular complexity index is 1320. The van der Waals surface area contributed by atoms with Crippen LogP contribution in [0.4, 0.5) is 11.5 Å². The molecule has 6 heteroatoms. The van der Waals surface area contributed by atoms with E-state index in [2.05, 4.69) is 37.8 Å². The maximum absolute atomic E-state index is 4.79. The smallest absolute Gasteiger partial charge is 0.134 e. The first-order valence-corrected chi connectivity index (χ1v) is 10.8. The SMILES string of the molecule is Cc1nc(Nc2cccc(-c3csc(-c4cccnc4)n3)c2)cc(-c2ccccc2)n1. The molecule has 0 aliphatic heterocycles. The zero-order valence-corrected chi connectivity index (χ0v) is 17.7. The summed E-state index contributed by atoms with van der Waals surface area (Å²) in [6.45, 7) is 1.91. The molecule has 0 saturated carbocycles. The molecule has 3 aromatic heterocycles. The van der Waals surface area contributed by atoms with Gasteiger partial charge in [-0.15, -0.1) is 11.3 Å². The van der Waals surface area contributed by atoms with E-state index in [0.717, 1.165) is 50.4 Å². The van der Waals surface area contributed by atoms with Gasteiger partial charge in [-0.2, -0.15) is 0 Å². The van der Waals surface area contributed by atoms with Gasteiger partial charge in [-0.25, -0.2) is 15.0 Å². The van der Waals surface area contributed by atoms with E-state index >= 15 is 0 Å². The number of nitrogens with zero attached hydrogens (tertiary/aromatic N) is 4. The number of benzene rings is 2. The van der Waals surface area contributed by atoms with Crippen LogP contribution in [0.1, 0.15) is 5.82 Å². The van der Waals surface area contributed by atoms with Crippen LogP contribution < -0.4 is 5.32 Å². The van der Waals surface area contributed by atoms with Gasteiger partial charge in [-0.3, -0.25) is 4.98 Å². The monoisotopic (exact) mass is 421 g/mol. The van der Waals surface area contributed by atoms with Crippen molar-refractivity contribution in [2.75, 3.05) is 5.32 Å². The second kappa shape index (κ2) is 8.45. The highest BCUT2D eigenvalue weighted by Gasteiger charge is 2.09. The van der Waals surface area contributed by atoms with Crippen molar-refractivity contribution in [3.8, 4) is 33.1 Å². The molecule has 3 heterocycles. The van der Waals surface area contributed by atoms with Crippen LogP contribution in [0.5, 0.6) is 0 Å². The van der Waals surface area contributed by atoms with Gasteiger partial charge in [-0.05, 0) is 31.2 Å². The van der Waals surface area contributed by atoms with Crippen LogP contribution in [0.15, 0.2) is 90.6 Å². The Balaban J connectivity index is 1.42. The molecule has 0 atom stereocenters. The van der Waals surface area contributed by atoms with Gasteiger partial charge in [0.05, 0.1) is 11.4 Å². The summed E-state index contributed by atoms with van der Waals surface area (Å²) in [5.74, 6) is 1.48. The quantitative estimate of drug-likeness (QED) is 0.357. The van der Waals surface area contributed by atoms with E-state index in [-0.39, 0.29) is 0 Å². The van der Waals surface area contributed by atoms with E-state index in [1.54, 1.807) is 17.5 Å². The molecule has 5 rings (SSSR count). The largest absolute Gasteiger partial charge is 0.340 e. The number of hydrogen-bond acceptors (Lipinski definition) is 6. The molecule has 0 radical (unpaired) electrons. The topological polar surface area (TPSA) is 63.6 Å². The first kappa shape index (κ1) is 19.1. The molecule has 0 bridgehead atoms. The van der Waals surface area contributed by atoms with Crippen molar-refractivity contribution in [1.29, 1.82) is 0 Å². The Morgan fingerprint density at radius 1 is 0.742 bits per heavy atom. The number of hydrogen-bond donors (Lipinski definition) is 1. The summed E-state index contributed by atoms with van der Waals surface area (Å²) in [5.41, 5.74) is 5.92. The minimum absolute atomic E-state index is 0.723. The fourth-order valence-corrected chi connectivity index (χ4v) is 4.14. The van der Waals surface area contributed by atoms with E-state index in [0.29, 0.717) is 0 Å². The molecule has 2 aromatic carbocycles. The highest BCUT2D eigenvalue weighted by molar-refractivity contribution is 7.13. The summed E-state index contributed by atoms with van der Waals surface area (Å²) in [7, 11) is 0. The number of anilines is 2. The number of thiazole rings is 1. The average Bonchev–Trinajstić information content (AvgIpc) is 3.31. The maximum Gasteiger partial charge on any atom is 0.134 e. The summed E-state index contributed by atoms with van der Waals surface area (Å²) in [6.07, 6.45) is 3.60. The van der Waals surface area contributed by atoms with E-state index in [1.165, 1.54) is 0 Å². The molecule has 1 N–H and O–H groups in total. The molecule has 0 fully saturated rings. The van der Waals surface area contributed by atoms with Crippen LogP contribution >= 0.6 is 11.3 Å². The van der Waals surface area contributed by atoms with Crippen molar-refractivity contribution < 1.29 is 0 Å².